The molecule has 2 aromatic rings. The fraction of sp³-hybridized carbons (Fsp3) is 0.526. The first-order valence-electron chi connectivity index (χ1n) is 8.95. The second-order valence-electron chi connectivity index (χ2n) is 6.71. The monoisotopic (exact) mass is 343 g/mol. The Kier molecular flexibility index (Phi) is 5.18. The van der Waals surface area contributed by atoms with Gasteiger partial charge in [-0.05, 0) is 39.7 Å². The van der Waals surface area contributed by atoms with Gasteiger partial charge in [0.05, 0.1) is 17.5 Å². The number of carbonyl (C=O) groups is 1. The summed E-state index contributed by atoms with van der Waals surface area (Å²) >= 11 is 0. The Labute approximate surface area is 147 Å². The van der Waals surface area contributed by atoms with Gasteiger partial charge in [0.25, 0.3) is 11.5 Å². The van der Waals surface area contributed by atoms with Gasteiger partial charge in [0, 0.05) is 25.1 Å². The third kappa shape index (κ3) is 3.44. The van der Waals surface area contributed by atoms with E-state index < -0.39 is 0 Å². The van der Waals surface area contributed by atoms with Crippen molar-refractivity contribution in [3.05, 3.63) is 40.3 Å². The van der Waals surface area contributed by atoms with Gasteiger partial charge in [0.1, 0.15) is 0 Å². The Balaban J connectivity index is 2.04. The summed E-state index contributed by atoms with van der Waals surface area (Å²) in [5, 5.41) is 5.57. The van der Waals surface area contributed by atoms with Gasteiger partial charge in [0.2, 0.25) is 0 Å². The van der Waals surface area contributed by atoms with E-state index in [1.807, 2.05) is 32.9 Å². The number of likely N-dealkylation sites (tertiary alicyclic amines) is 1. The molecule has 2 heterocycles. The van der Waals surface area contributed by atoms with Crippen LogP contribution in [0, 0.1) is 0 Å². The van der Waals surface area contributed by atoms with E-state index in [0.29, 0.717) is 36.2 Å². The van der Waals surface area contributed by atoms with Crippen LogP contribution in [0.15, 0.2) is 29.1 Å². The number of amides is 1. The molecule has 1 aromatic heterocycles. The molecule has 6 nitrogen and oxygen atoms in total. The van der Waals surface area contributed by atoms with Crippen molar-refractivity contribution in [2.75, 3.05) is 19.7 Å². The van der Waals surface area contributed by atoms with Crippen molar-refractivity contribution < 1.29 is 9.53 Å². The summed E-state index contributed by atoms with van der Waals surface area (Å²) < 4.78 is 7.10. The topological polar surface area (TPSA) is 64.4 Å². The molecule has 1 aromatic carbocycles. The predicted octanol–water partition coefficient (Wildman–Crippen LogP) is 2.62. The van der Waals surface area contributed by atoms with Crippen LogP contribution in [0.2, 0.25) is 0 Å². The zero-order valence-corrected chi connectivity index (χ0v) is 15.1. The zero-order valence-electron chi connectivity index (χ0n) is 15.1. The largest absolute Gasteiger partial charge is 0.377 e. The second-order valence-corrected chi connectivity index (χ2v) is 6.71. The highest BCUT2D eigenvalue weighted by Crippen LogP contribution is 2.20. The lowest BCUT2D eigenvalue weighted by Gasteiger charge is -2.32. The van der Waals surface area contributed by atoms with Crippen LogP contribution >= 0.6 is 0 Å². The molecule has 0 unspecified atom stereocenters. The Hall–Kier alpha value is -2.21. The first kappa shape index (κ1) is 17.6. The minimum Gasteiger partial charge on any atom is -0.377 e. The molecule has 1 fully saturated rings. The molecular formula is C19H25N3O3. The summed E-state index contributed by atoms with van der Waals surface area (Å²) in [6.45, 7) is 7.66. The minimum atomic E-state index is -0.159. The first-order chi connectivity index (χ1) is 12.0. The second kappa shape index (κ2) is 7.35. The van der Waals surface area contributed by atoms with E-state index in [4.69, 9.17) is 4.74 Å². The maximum Gasteiger partial charge on any atom is 0.275 e. The van der Waals surface area contributed by atoms with E-state index in [-0.39, 0.29) is 23.6 Å². The number of nitrogens with zero attached hydrogens (tertiary/aromatic N) is 3. The maximum atomic E-state index is 13.1. The molecule has 0 bridgehead atoms. The molecule has 0 N–H and O–H groups in total. The molecule has 1 amide bonds. The van der Waals surface area contributed by atoms with Crippen molar-refractivity contribution in [2.24, 2.45) is 0 Å². The van der Waals surface area contributed by atoms with Crippen molar-refractivity contribution in [3.8, 4) is 0 Å². The van der Waals surface area contributed by atoms with Crippen LogP contribution < -0.4 is 5.56 Å². The lowest BCUT2D eigenvalue weighted by molar-refractivity contribution is 0.00702. The predicted molar refractivity (Wildman–Crippen MR) is 96.9 cm³/mol. The summed E-state index contributed by atoms with van der Waals surface area (Å²) in [5.41, 5.74) is 0.189. The highest BCUT2D eigenvalue weighted by molar-refractivity contribution is 6.04. The fourth-order valence-electron chi connectivity index (χ4n) is 3.36. The Morgan fingerprint density at radius 1 is 1.32 bits per heavy atom. The first-order valence-corrected chi connectivity index (χ1v) is 8.95. The average molecular weight is 343 g/mol. The molecule has 0 radical (unpaired) electrons. The third-order valence-corrected chi connectivity index (χ3v) is 4.59. The summed E-state index contributed by atoms with van der Waals surface area (Å²) in [6, 6.07) is 7.09. The third-order valence-electron chi connectivity index (χ3n) is 4.59. The lowest BCUT2D eigenvalue weighted by atomic mass is 10.1. The van der Waals surface area contributed by atoms with E-state index in [1.165, 1.54) is 4.68 Å². The summed E-state index contributed by atoms with van der Waals surface area (Å²) in [4.78, 5) is 27.6. The average Bonchev–Trinajstić information content (AvgIpc) is 2.62. The Morgan fingerprint density at radius 3 is 2.72 bits per heavy atom. The number of aromatic nitrogens is 2. The van der Waals surface area contributed by atoms with Crippen LogP contribution in [-0.2, 0) is 4.74 Å². The highest BCUT2D eigenvalue weighted by atomic mass is 16.5. The van der Waals surface area contributed by atoms with Crippen LogP contribution in [0.4, 0.5) is 0 Å². The van der Waals surface area contributed by atoms with Gasteiger partial charge in [-0.3, -0.25) is 9.59 Å². The van der Waals surface area contributed by atoms with Gasteiger partial charge in [-0.2, -0.15) is 5.10 Å². The van der Waals surface area contributed by atoms with Crippen molar-refractivity contribution in [1.82, 2.24) is 14.7 Å². The number of piperidine rings is 1. The summed E-state index contributed by atoms with van der Waals surface area (Å²) in [7, 11) is 0. The van der Waals surface area contributed by atoms with Crippen LogP contribution in [0.3, 0.4) is 0 Å². The molecule has 6 heteroatoms. The lowest BCUT2D eigenvalue weighted by Crippen LogP contribution is -2.44. The number of benzene rings is 1. The normalized spacial score (nSPS) is 18.1. The van der Waals surface area contributed by atoms with E-state index in [9.17, 15) is 9.59 Å². The SMILES string of the molecule is CCO[C@H]1CCCN(C(=O)c2nn(C(C)C)c(=O)c3ccccc23)C1. The fourth-order valence-corrected chi connectivity index (χ4v) is 3.36. The number of hydrogen-bond acceptors (Lipinski definition) is 4. The molecule has 1 atom stereocenters. The molecule has 1 aliphatic heterocycles. The Bertz CT molecular complexity index is 826. The standard InChI is InChI=1S/C19H25N3O3/c1-4-25-14-8-7-11-21(12-14)19(24)17-15-9-5-6-10-16(15)18(23)22(20-17)13(2)3/h5-6,9-10,13-14H,4,7-8,11-12H2,1-3H3/t14-/m0/s1. The van der Waals surface area contributed by atoms with E-state index in [0.717, 1.165) is 12.8 Å². The van der Waals surface area contributed by atoms with E-state index >= 15 is 0 Å². The minimum absolute atomic E-state index is 0.0740. The van der Waals surface area contributed by atoms with Crippen LogP contribution in [-0.4, -0.2) is 46.4 Å². The van der Waals surface area contributed by atoms with Crippen molar-refractivity contribution in [3.63, 3.8) is 0 Å². The maximum absolute atomic E-state index is 13.1. The van der Waals surface area contributed by atoms with Gasteiger partial charge < -0.3 is 9.64 Å². The number of fused-ring (bicyclic) bond motifs is 1. The quantitative estimate of drug-likeness (QED) is 0.856. The van der Waals surface area contributed by atoms with Gasteiger partial charge in [0.15, 0.2) is 5.69 Å². The molecule has 134 valence electrons. The number of rotatable bonds is 4. The number of ether oxygens (including phenoxy) is 1. The van der Waals surface area contributed by atoms with E-state index in [1.54, 1.807) is 17.0 Å². The van der Waals surface area contributed by atoms with E-state index in [2.05, 4.69) is 5.10 Å². The molecule has 1 saturated heterocycles. The van der Waals surface area contributed by atoms with Crippen LogP contribution in [0.5, 0.6) is 0 Å². The summed E-state index contributed by atoms with van der Waals surface area (Å²) in [6.07, 6.45) is 1.96. The van der Waals surface area contributed by atoms with Gasteiger partial charge in [-0.15, -0.1) is 0 Å². The molecule has 0 saturated carbocycles. The smallest absolute Gasteiger partial charge is 0.275 e. The van der Waals surface area contributed by atoms with Crippen molar-refractivity contribution in [1.29, 1.82) is 0 Å². The molecule has 25 heavy (non-hydrogen) atoms. The molecular weight excluding hydrogens is 318 g/mol. The molecule has 3 rings (SSSR count). The van der Waals surface area contributed by atoms with Gasteiger partial charge in [-0.1, -0.05) is 18.2 Å². The van der Waals surface area contributed by atoms with Crippen molar-refractivity contribution in [2.45, 2.75) is 45.8 Å². The molecule has 1 aliphatic rings. The number of carbonyl (C=O) groups excluding carboxylic acids is 1. The van der Waals surface area contributed by atoms with Crippen molar-refractivity contribution >= 4 is 16.7 Å². The number of hydrogen-bond donors (Lipinski definition) is 0. The van der Waals surface area contributed by atoms with Crippen LogP contribution in [0.1, 0.15) is 50.1 Å². The highest BCUT2D eigenvalue weighted by Gasteiger charge is 2.27. The summed E-state index contributed by atoms with van der Waals surface area (Å²) in [5.74, 6) is -0.130. The molecule has 0 spiro atoms. The molecule has 0 aliphatic carbocycles. The zero-order chi connectivity index (χ0) is 18.0. The van der Waals surface area contributed by atoms with Crippen LogP contribution in [0.25, 0.3) is 10.8 Å². The van der Waals surface area contributed by atoms with Gasteiger partial charge in [-0.25, -0.2) is 4.68 Å². The van der Waals surface area contributed by atoms with Gasteiger partial charge >= 0.3 is 0 Å². The Morgan fingerprint density at radius 2 is 2.04 bits per heavy atom.